The molecule has 4 rings (SSSR count). The van der Waals surface area contributed by atoms with Crippen molar-refractivity contribution in [2.24, 2.45) is 0 Å². The second-order valence-electron chi connectivity index (χ2n) is 8.70. The summed E-state index contributed by atoms with van der Waals surface area (Å²) in [6.45, 7) is 5.79. The van der Waals surface area contributed by atoms with Gasteiger partial charge in [0.2, 0.25) is 0 Å². The zero-order valence-corrected chi connectivity index (χ0v) is 22.6. The number of nitrogen functional groups attached to an aromatic ring is 1. The van der Waals surface area contributed by atoms with Gasteiger partial charge in [0.1, 0.15) is 10.8 Å². The highest BCUT2D eigenvalue weighted by molar-refractivity contribution is 7.97. The second kappa shape index (κ2) is 12.2. The number of rotatable bonds is 5. The first-order valence-electron chi connectivity index (χ1n) is 11.4. The van der Waals surface area contributed by atoms with Crippen LogP contribution in [0.25, 0.3) is 16.9 Å². The minimum Gasteiger partial charge on any atom is -0.397 e. The Hall–Kier alpha value is -3.16. The Labute approximate surface area is 220 Å². The van der Waals surface area contributed by atoms with E-state index in [2.05, 4.69) is 9.97 Å². The van der Waals surface area contributed by atoms with E-state index in [0.29, 0.717) is 23.5 Å². The SMILES string of the molecule is CSC.Cc1cnc(-c2cncc(N)c2)cc1-n1c(C)cc(C(C)Cc2ccc(F)cc2)c(Cl)c1=O. The van der Waals surface area contributed by atoms with Crippen molar-refractivity contribution in [3.8, 4) is 16.9 Å². The molecule has 3 heterocycles. The summed E-state index contributed by atoms with van der Waals surface area (Å²) in [5.74, 6) is -0.291. The molecule has 0 amide bonds. The van der Waals surface area contributed by atoms with Gasteiger partial charge in [0.05, 0.1) is 17.1 Å². The van der Waals surface area contributed by atoms with E-state index in [1.165, 1.54) is 12.1 Å². The van der Waals surface area contributed by atoms with E-state index in [1.807, 2.05) is 45.4 Å². The van der Waals surface area contributed by atoms with Gasteiger partial charge in [-0.25, -0.2) is 4.39 Å². The van der Waals surface area contributed by atoms with Crippen LogP contribution in [0, 0.1) is 19.7 Å². The maximum Gasteiger partial charge on any atom is 0.274 e. The summed E-state index contributed by atoms with van der Waals surface area (Å²) in [7, 11) is 0. The largest absolute Gasteiger partial charge is 0.397 e. The molecule has 188 valence electrons. The molecule has 1 atom stereocenters. The van der Waals surface area contributed by atoms with Crippen LogP contribution in [0.1, 0.15) is 35.2 Å². The smallest absolute Gasteiger partial charge is 0.274 e. The minimum atomic E-state index is -0.288. The van der Waals surface area contributed by atoms with E-state index in [0.717, 1.165) is 27.9 Å². The van der Waals surface area contributed by atoms with Gasteiger partial charge < -0.3 is 5.73 Å². The van der Waals surface area contributed by atoms with Crippen molar-refractivity contribution in [1.29, 1.82) is 0 Å². The molecule has 0 saturated heterocycles. The van der Waals surface area contributed by atoms with Crippen LogP contribution in [0.4, 0.5) is 10.1 Å². The molecular weight excluding hydrogens is 495 g/mol. The summed E-state index contributed by atoms with van der Waals surface area (Å²) in [6, 6.07) is 12.0. The lowest BCUT2D eigenvalue weighted by Crippen LogP contribution is -2.24. The highest BCUT2D eigenvalue weighted by Gasteiger charge is 2.19. The van der Waals surface area contributed by atoms with E-state index in [9.17, 15) is 9.18 Å². The molecule has 0 aliphatic heterocycles. The molecule has 0 saturated carbocycles. The summed E-state index contributed by atoms with van der Waals surface area (Å²) in [6.07, 6.45) is 9.70. The number of halogens is 2. The predicted molar refractivity (Wildman–Crippen MR) is 150 cm³/mol. The minimum absolute atomic E-state index is 0.0172. The first-order chi connectivity index (χ1) is 17.2. The molecule has 8 heteroatoms. The second-order valence-corrected chi connectivity index (χ2v) is 9.89. The van der Waals surface area contributed by atoms with E-state index in [1.54, 1.807) is 53.1 Å². The Morgan fingerprint density at radius 3 is 2.39 bits per heavy atom. The average molecular weight is 525 g/mol. The molecule has 0 aliphatic rings. The normalized spacial score (nSPS) is 11.5. The molecule has 0 bridgehead atoms. The Morgan fingerprint density at radius 1 is 1.08 bits per heavy atom. The van der Waals surface area contributed by atoms with Crippen LogP contribution in [0.5, 0.6) is 0 Å². The topological polar surface area (TPSA) is 73.8 Å². The number of aromatic nitrogens is 3. The number of benzene rings is 1. The monoisotopic (exact) mass is 524 g/mol. The summed E-state index contributed by atoms with van der Waals surface area (Å²) in [4.78, 5) is 22.0. The van der Waals surface area contributed by atoms with E-state index < -0.39 is 0 Å². The van der Waals surface area contributed by atoms with E-state index in [4.69, 9.17) is 17.3 Å². The lowest BCUT2D eigenvalue weighted by Gasteiger charge is -2.19. The number of hydrogen-bond acceptors (Lipinski definition) is 5. The maximum absolute atomic E-state index is 13.4. The van der Waals surface area contributed by atoms with Crippen molar-refractivity contribution in [3.63, 3.8) is 0 Å². The third kappa shape index (κ3) is 6.33. The molecule has 5 nitrogen and oxygen atoms in total. The predicted octanol–water partition coefficient (Wildman–Crippen LogP) is 6.61. The quantitative estimate of drug-likeness (QED) is 0.318. The van der Waals surface area contributed by atoms with Gasteiger partial charge >= 0.3 is 0 Å². The number of anilines is 1. The summed E-state index contributed by atoms with van der Waals surface area (Å²) in [5.41, 5.74) is 11.6. The lowest BCUT2D eigenvalue weighted by atomic mass is 9.93. The Kier molecular flexibility index (Phi) is 9.29. The molecule has 3 aromatic heterocycles. The highest BCUT2D eigenvalue weighted by atomic mass is 35.5. The van der Waals surface area contributed by atoms with Gasteiger partial charge in [-0.15, -0.1) is 0 Å². The third-order valence-electron chi connectivity index (χ3n) is 5.72. The molecule has 4 aromatic rings. The molecule has 36 heavy (non-hydrogen) atoms. The van der Waals surface area contributed by atoms with Gasteiger partial charge in [0.15, 0.2) is 0 Å². The van der Waals surface area contributed by atoms with Gasteiger partial charge in [-0.1, -0.05) is 30.7 Å². The maximum atomic E-state index is 13.4. The van der Waals surface area contributed by atoms with Crippen LogP contribution >= 0.6 is 23.4 Å². The van der Waals surface area contributed by atoms with Crippen molar-refractivity contribution in [2.75, 3.05) is 18.2 Å². The van der Waals surface area contributed by atoms with Crippen LogP contribution in [0.15, 0.2) is 65.8 Å². The molecular formula is C28H30ClFN4OS. The molecule has 0 radical (unpaired) electrons. The third-order valence-corrected chi connectivity index (χ3v) is 6.10. The number of nitrogens with zero attached hydrogens (tertiary/aromatic N) is 3. The zero-order valence-electron chi connectivity index (χ0n) is 21.0. The number of aryl methyl sites for hydroxylation is 2. The van der Waals surface area contributed by atoms with E-state index in [-0.39, 0.29) is 22.3 Å². The number of hydrogen-bond donors (Lipinski definition) is 1. The molecule has 1 unspecified atom stereocenters. The van der Waals surface area contributed by atoms with Crippen LogP contribution in [0.3, 0.4) is 0 Å². The lowest BCUT2D eigenvalue weighted by molar-refractivity contribution is 0.626. The van der Waals surface area contributed by atoms with Crippen molar-refractivity contribution >= 4 is 29.1 Å². The van der Waals surface area contributed by atoms with Gasteiger partial charge in [-0.05, 0) is 85.7 Å². The van der Waals surface area contributed by atoms with Gasteiger partial charge in [-0.2, -0.15) is 11.8 Å². The molecule has 2 N–H and O–H groups in total. The first kappa shape index (κ1) is 27.4. The Balaban J connectivity index is 0.00000115. The van der Waals surface area contributed by atoms with Gasteiger partial charge in [-0.3, -0.25) is 19.3 Å². The van der Waals surface area contributed by atoms with Crippen molar-refractivity contribution in [1.82, 2.24) is 14.5 Å². The number of thioether (sulfide) groups is 1. The Morgan fingerprint density at radius 2 is 1.75 bits per heavy atom. The number of pyridine rings is 3. The molecule has 0 aliphatic carbocycles. The first-order valence-corrected chi connectivity index (χ1v) is 13.4. The fourth-order valence-corrected chi connectivity index (χ4v) is 4.31. The molecule has 0 fully saturated rings. The standard InChI is InChI=1S/C26H24ClFN4O.C2H6S/c1-15(8-18-4-6-20(28)7-5-18)22-9-17(3)32(26(33)25(22)27)24-11-23(31-12-16(24)2)19-10-21(29)14-30-13-19;1-3-2/h4-7,9-15H,8,29H2,1-3H3;1-2H3. The fraction of sp³-hybridized carbons (Fsp3) is 0.250. The van der Waals surface area contributed by atoms with Crippen LogP contribution in [0.2, 0.25) is 5.02 Å². The van der Waals surface area contributed by atoms with Crippen LogP contribution < -0.4 is 11.3 Å². The van der Waals surface area contributed by atoms with Gasteiger partial charge in [0.25, 0.3) is 5.56 Å². The zero-order chi connectivity index (χ0) is 26.4. The van der Waals surface area contributed by atoms with Crippen LogP contribution in [-0.4, -0.2) is 27.0 Å². The number of nitrogens with two attached hydrogens (primary N) is 1. The summed E-state index contributed by atoms with van der Waals surface area (Å²) >= 11 is 8.35. The summed E-state index contributed by atoms with van der Waals surface area (Å²) in [5, 5.41) is 0.179. The fourth-order valence-electron chi connectivity index (χ4n) is 3.99. The van der Waals surface area contributed by atoms with Crippen LogP contribution in [-0.2, 0) is 6.42 Å². The average Bonchev–Trinajstić information content (AvgIpc) is 2.84. The summed E-state index contributed by atoms with van der Waals surface area (Å²) < 4.78 is 14.8. The highest BCUT2D eigenvalue weighted by Crippen LogP contribution is 2.29. The molecule has 1 aromatic carbocycles. The van der Waals surface area contributed by atoms with Gasteiger partial charge in [0, 0.05) is 29.8 Å². The Bertz CT molecular complexity index is 1410. The molecule has 0 spiro atoms. The van der Waals surface area contributed by atoms with Crippen molar-refractivity contribution in [3.05, 3.63) is 105 Å². The van der Waals surface area contributed by atoms with E-state index >= 15 is 0 Å². The van der Waals surface area contributed by atoms with Crippen molar-refractivity contribution in [2.45, 2.75) is 33.1 Å². The van der Waals surface area contributed by atoms with Crippen molar-refractivity contribution < 1.29 is 4.39 Å².